The summed E-state index contributed by atoms with van der Waals surface area (Å²) in [4.78, 5) is 10.4. The Labute approximate surface area is 158 Å². The number of hydrogen-bond acceptors (Lipinski definition) is 4. The average molecular weight is 394 g/mol. The molecule has 1 atom stereocenters. The minimum Gasteiger partial charge on any atom is -0.345 e. The van der Waals surface area contributed by atoms with Crippen LogP contribution in [0, 0.1) is 0 Å². The number of anilines is 1. The summed E-state index contributed by atoms with van der Waals surface area (Å²) in [5, 5.41) is 7.18. The molecule has 0 amide bonds. The topological polar surface area (TPSA) is 57.7 Å². The van der Waals surface area contributed by atoms with Crippen LogP contribution in [0.15, 0.2) is 42.6 Å². The van der Waals surface area contributed by atoms with Crippen LogP contribution in [-0.4, -0.2) is 26.7 Å². The number of hydrogen-bond donors (Lipinski definition) is 1. The summed E-state index contributed by atoms with van der Waals surface area (Å²) in [5.74, 6) is 1.54. The molecule has 0 bridgehead atoms. The van der Waals surface area contributed by atoms with Crippen molar-refractivity contribution in [2.24, 2.45) is 0 Å². The number of nitrogens with one attached hydrogen (secondary N) is 1. The van der Waals surface area contributed by atoms with Gasteiger partial charge in [-0.2, -0.15) is 18.3 Å². The molecule has 27 heavy (non-hydrogen) atoms. The zero-order valence-electron chi connectivity index (χ0n) is 14.0. The van der Waals surface area contributed by atoms with Gasteiger partial charge in [-0.25, -0.2) is 9.97 Å². The molecular weight excluding hydrogens is 379 g/mol. The monoisotopic (exact) mass is 393 g/mol. The first-order chi connectivity index (χ1) is 12.9. The van der Waals surface area contributed by atoms with Gasteiger partial charge < -0.3 is 4.90 Å². The van der Waals surface area contributed by atoms with Gasteiger partial charge in [0.05, 0.1) is 16.6 Å². The molecule has 140 valence electrons. The largest absolute Gasteiger partial charge is 0.417 e. The maximum atomic E-state index is 12.8. The van der Waals surface area contributed by atoms with Gasteiger partial charge in [0.15, 0.2) is 5.82 Å². The highest BCUT2D eigenvalue weighted by Crippen LogP contribution is 2.39. The van der Waals surface area contributed by atoms with Crippen LogP contribution in [0.25, 0.3) is 11.4 Å². The molecule has 0 radical (unpaired) electrons. The van der Waals surface area contributed by atoms with Crippen molar-refractivity contribution < 1.29 is 13.2 Å². The molecule has 4 rings (SSSR count). The molecule has 0 unspecified atom stereocenters. The maximum Gasteiger partial charge on any atom is 0.417 e. The summed E-state index contributed by atoms with van der Waals surface area (Å²) < 4.78 is 38.5. The quantitative estimate of drug-likeness (QED) is 0.689. The van der Waals surface area contributed by atoms with Crippen molar-refractivity contribution in [3.05, 3.63) is 59.0 Å². The predicted octanol–water partition coefficient (Wildman–Crippen LogP) is 4.88. The Hall–Kier alpha value is -2.61. The second kappa shape index (κ2) is 6.84. The maximum absolute atomic E-state index is 12.8. The van der Waals surface area contributed by atoms with Gasteiger partial charge >= 0.3 is 6.18 Å². The Morgan fingerprint density at radius 1 is 1.19 bits per heavy atom. The van der Waals surface area contributed by atoms with E-state index >= 15 is 0 Å². The zero-order valence-corrected chi connectivity index (χ0v) is 14.8. The van der Waals surface area contributed by atoms with E-state index in [1.165, 1.54) is 0 Å². The number of benzene rings is 1. The predicted molar refractivity (Wildman–Crippen MR) is 95.4 cm³/mol. The molecule has 0 aliphatic carbocycles. The number of halogens is 4. The Morgan fingerprint density at radius 3 is 2.67 bits per heavy atom. The molecule has 2 aromatic heterocycles. The summed E-state index contributed by atoms with van der Waals surface area (Å²) in [6.07, 6.45) is -2.03. The molecular formula is C18H15ClF3N5. The Morgan fingerprint density at radius 2 is 1.96 bits per heavy atom. The second-order valence-electron chi connectivity index (χ2n) is 6.29. The van der Waals surface area contributed by atoms with E-state index in [1.54, 1.807) is 0 Å². The first-order valence-corrected chi connectivity index (χ1v) is 8.78. The summed E-state index contributed by atoms with van der Waals surface area (Å²) in [6.45, 7) is 0.629. The summed E-state index contributed by atoms with van der Waals surface area (Å²) in [7, 11) is 0. The van der Waals surface area contributed by atoms with Crippen LogP contribution in [0.3, 0.4) is 0 Å². The van der Waals surface area contributed by atoms with Gasteiger partial charge in [0.2, 0.25) is 0 Å². The number of H-pyrrole nitrogens is 1. The summed E-state index contributed by atoms with van der Waals surface area (Å²) >= 11 is 6.12. The van der Waals surface area contributed by atoms with Gasteiger partial charge in [-0.05, 0) is 18.9 Å². The lowest BCUT2D eigenvalue weighted by molar-refractivity contribution is -0.137. The van der Waals surface area contributed by atoms with Gasteiger partial charge in [-0.1, -0.05) is 41.9 Å². The SMILES string of the molecule is FC(F)(F)c1cnc(N2CCC[C@@H]2c2nc(-c3ccccc3)n[nH]2)c(Cl)c1. The van der Waals surface area contributed by atoms with Crippen molar-refractivity contribution >= 4 is 17.4 Å². The summed E-state index contributed by atoms with van der Waals surface area (Å²) in [6, 6.07) is 10.3. The van der Waals surface area contributed by atoms with E-state index in [9.17, 15) is 13.2 Å². The Kier molecular flexibility index (Phi) is 4.51. The number of nitrogens with zero attached hydrogens (tertiary/aromatic N) is 4. The molecule has 5 nitrogen and oxygen atoms in total. The molecule has 1 saturated heterocycles. The second-order valence-corrected chi connectivity index (χ2v) is 6.70. The van der Waals surface area contributed by atoms with Crippen molar-refractivity contribution in [1.29, 1.82) is 0 Å². The number of alkyl halides is 3. The van der Waals surface area contributed by atoms with Gasteiger partial charge in [0.25, 0.3) is 0 Å². The summed E-state index contributed by atoms with van der Waals surface area (Å²) in [5.41, 5.74) is 0.0215. The van der Waals surface area contributed by atoms with Crippen LogP contribution in [0.2, 0.25) is 5.02 Å². The van der Waals surface area contributed by atoms with Crippen LogP contribution < -0.4 is 4.90 Å². The molecule has 3 aromatic rings. The molecule has 1 N–H and O–H groups in total. The van der Waals surface area contributed by atoms with Crippen LogP contribution in [0.4, 0.5) is 19.0 Å². The molecule has 1 aliphatic heterocycles. The van der Waals surface area contributed by atoms with Gasteiger partial charge in [-0.3, -0.25) is 5.10 Å². The van der Waals surface area contributed by atoms with E-state index in [1.807, 2.05) is 35.2 Å². The lowest BCUT2D eigenvalue weighted by Gasteiger charge is -2.25. The van der Waals surface area contributed by atoms with E-state index < -0.39 is 11.7 Å². The average Bonchev–Trinajstić information content (AvgIpc) is 3.31. The van der Waals surface area contributed by atoms with Crippen molar-refractivity contribution in [1.82, 2.24) is 20.2 Å². The lowest BCUT2D eigenvalue weighted by atomic mass is 10.2. The van der Waals surface area contributed by atoms with E-state index in [2.05, 4.69) is 20.2 Å². The van der Waals surface area contributed by atoms with E-state index in [-0.39, 0.29) is 11.1 Å². The molecule has 0 spiro atoms. The van der Waals surface area contributed by atoms with E-state index in [0.29, 0.717) is 24.0 Å². The first kappa shape index (κ1) is 17.8. The van der Waals surface area contributed by atoms with Gasteiger partial charge in [0.1, 0.15) is 11.6 Å². The van der Waals surface area contributed by atoms with Crippen molar-refractivity contribution in [2.75, 3.05) is 11.4 Å². The Balaban J connectivity index is 1.63. The van der Waals surface area contributed by atoms with Crippen LogP contribution in [-0.2, 0) is 6.18 Å². The third-order valence-corrected chi connectivity index (χ3v) is 4.80. The lowest BCUT2D eigenvalue weighted by Crippen LogP contribution is -2.25. The van der Waals surface area contributed by atoms with Crippen LogP contribution >= 0.6 is 11.6 Å². The van der Waals surface area contributed by atoms with Crippen LogP contribution in [0.1, 0.15) is 30.3 Å². The number of aromatic nitrogens is 4. The van der Waals surface area contributed by atoms with E-state index in [0.717, 1.165) is 30.7 Å². The van der Waals surface area contributed by atoms with Crippen molar-refractivity contribution in [2.45, 2.75) is 25.1 Å². The molecule has 9 heteroatoms. The fourth-order valence-corrected chi connectivity index (χ4v) is 3.52. The minimum absolute atomic E-state index is 0.0282. The normalized spacial score (nSPS) is 17.5. The van der Waals surface area contributed by atoms with Gasteiger partial charge in [0, 0.05) is 18.3 Å². The number of aromatic amines is 1. The highest BCUT2D eigenvalue weighted by atomic mass is 35.5. The fourth-order valence-electron chi connectivity index (χ4n) is 3.24. The van der Waals surface area contributed by atoms with Crippen LogP contribution in [0.5, 0.6) is 0 Å². The molecule has 1 aliphatic rings. The smallest absolute Gasteiger partial charge is 0.345 e. The molecule has 1 fully saturated rings. The fraction of sp³-hybridized carbons (Fsp3) is 0.278. The molecule has 0 saturated carbocycles. The van der Waals surface area contributed by atoms with Crippen molar-refractivity contribution in [3.63, 3.8) is 0 Å². The molecule has 3 heterocycles. The highest BCUT2D eigenvalue weighted by Gasteiger charge is 2.35. The molecule has 1 aromatic carbocycles. The third kappa shape index (κ3) is 3.49. The standard InChI is InChI=1S/C18H15ClF3N5/c19-13-9-12(18(20,21)22)10-23-17(13)27-8-4-7-14(27)16-24-15(25-26-16)11-5-2-1-3-6-11/h1-3,5-6,9-10,14H,4,7-8H2,(H,24,25,26)/t14-/m1/s1. The number of rotatable bonds is 3. The number of pyridine rings is 1. The third-order valence-electron chi connectivity index (χ3n) is 4.52. The van der Waals surface area contributed by atoms with Crippen molar-refractivity contribution in [3.8, 4) is 11.4 Å². The minimum atomic E-state index is -4.48. The van der Waals surface area contributed by atoms with E-state index in [4.69, 9.17) is 11.6 Å². The first-order valence-electron chi connectivity index (χ1n) is 8.40. The zero-order chi connectivity index (χ0) is 19.0. The van der Waals surface area contributed by atoms with Gasteiger partial charge in [-0.15, -0.1) is 0 Å². The highest BCUT2D eigenvalue weighted by molar-refractivity contribution is 6.33. The Bertz CT molecular complexity index is 942.